The van der Waals surface area contributed by atoms with Gasteiger partial charge in [0.05, 0.1) is 5.52 Å². The zero-order chi connectivity index (χ0) is 12.4. The number of rotatable bonds is 3. The first kappa shape index (κ1) is 11.8. The van der Waals surface area contributed by atoms with Crippen LogP contribution in [0.25, 0.3) is 10.9 Å². The molecule has 0 spiro atoms. The number of pyridine rings is 1. The number of likely N-dealkylation sites (N-methyl/N-ethyl adjacent to an activating group) is 1. The Hall–Kier alpha value is -1.68. The molecule has 0 aliphatic heterocycles. The molecule has 0 unspecified atom stereocenters. The number of aryl methyl sites for hydroxylation is 1. The van der Waals surface area contributed by atoms with Crippen LogP contribution in [0.5, 0.6) is 0 Å². The SMILES string of the molecule is CNCCc1cc2cccc(F)c2n(C)c1=O. The van der Waals surface area contributed by atoms with Crippen molar-refractivity contribution < 1.29 is 4.39 Å². The summed E-state index contributed by atoms with van der Waals surface area (Å²) in [6.07, 6.45) is 0.648. The topological polar surface area (TPSA) is 34.0 Å². The first-order chi connectivity index (χ1) is 8.15. The molecule has 17 heavy (non-hydrogen) atoms. The van der Waals surface area contributed by atoms with Crippen molar-refractivity contribution in [3.8, 4) is 0 Å². The lowest BCUT2D eigenvalue weighted by Gasteiger charge is -2.09. The highest BCUT2D eigenvalue weighted by Crippen LogP contribution is 2.16. The minimum absolute atomic E-state index is 0.127. The molecule has 0 amide bonds. The fraction of sp³-hybridized carbons (Fsp3) is 0.308. The molecule has 0 saturated heterocycles. The van der Waals surface area contributed by atoms with Gasteiger partial charge >= 0.3 is 0 Å². The summed E-state index contributed by atoms with van der Waals surface area (Å²) in [6, 6.07) is 6.62. The van der Waals surface area contributed by atoms with Crippen LogP contribution in [-0.2, 0) is 13.5 Å². The first-order valence-electron chi connectivity index (χ1n) is 5.57. The Morgan fingerprint density at radius 2 is 2.18 bits per heavy atom. The molecular weight excluding hydrogens is 219 g/mol. The smallest absolute Gasteiger partial charge is 0.254 e. The van der Waals surface area contributed by atoms with Gasteiger partial charge in [-0.15, -0.1) is 0 Å². The first-order valence-corrected chi connectivity index (χ1v) is 5.57. The summed E-state index contributed by atoms with van der Waals surface area (Å²) in [5, 5.41) is 3.76. The molecule has 2 rings (SSSR count). The lowest BCUT2D eigenvalue weighted by Crippen LogP contribution is -2.24. The molecule has 0 fully saturated rings. The standard InChI is InChI=1S/C13H15FN2O/c1-15-7-6-10-8-9-4-3-5-11(14)12(9)16(2)13(10)17/h3-5,8,15H,6-7H2,1-2H3. The predicted octanol–water partition coefficient (Wildman–Crippen LogP) is 1.44. The van der Waals surface area contributed by atoms with Gasteiger partial charge in [0, 0.05) is 18.0 Å². The van der Waals surface area contributed by atoms with E-state index in [-0.39, 0.29) is 11.4 Å². The van der Waals surface area contributed by atoms with E-state index in [0.29, 0.717) is 17.5 Å². The number of nitrogens with one attached hydrogen (secondary N) is 1. The Labute approximate surface area is 98.9 Å². The Bertz CT molecular complexity index is 604. The summed E-state index contributed by atoms with van der Waals surface area (Å²) >= 11 is 0. The van der Waals surface area contributed by atoms with Crippen LogP contribution < -0.4 is 10.9 Å². The zero-order valence-corrected chi connectivity index (χ0v) is 9.96. The van der Waals surface area contributed by atoms with Crippen molar-refractivity contribution in [2.75, 3.05) is 13.6 Å². The van der Waals surface area contributed by atoms with E-state index in [4.69, 9.17) is 0 Å². The Kier molecular flexibility index (Phi) is 3.24. The number of nitrogens with zero attached hydrogens (tertiary/aromatic N) is 1. The van der Waals surface area contributed by atoms with Crippen molar-refractivity contribution in [2.45, 2.75) is 6.42 Å². The van der Waals surface area contributed by atoms with Crippen LogP contribution in [0, 0.1) is 5.82 Å². The van der Waals surface area contributed by atoms with Gasteiger partial charge in [0.15, 0.2) is 0 Å². The van der Waals surface area contributed by atoms with Crippen molar-refractivity contribution in [1.82, 2.24) is 9.88 Å². The molecule has 0 atom stereocenters. The van der Waals surface area contributed by atoms with Crippen molar-refractivity contribution in [2.24, 2.45) is 7.05 Å². The fourth-order valence-corrected chi connectivity index (χ4v) is 2.01. The van der Waals surface area contributed by atoms with Crippen LogP contribution in [0.4, 0.5) is 4.39 Å². The number of hydrogen-bond acceptors (Lipinski definition) is 2. The predicted molar refractivity (Wildman–Crippen MR) is 66.8 cm³/mol. The molecule has 0 radical (unpaired) electrons. The van der Waals surface area contributed by atoms with E-state index < -0.39 is 0 Å². The van der Waals surface area contributed by atoms with E-state index in [1.54, 1.807) is 19.2 Å². The molecule has 1 aromatic carbocycles. The van der Waals surface area contributed by atoms with E-state index >= 15 is 0 Å². The van der Waals surface area contributed by atoms with Gasteiger partial charge in [-0.25, -0.2) is 4.39 Å². The van der Waals surface area contributed by atoms with Crippen LogP contribution in [0.1, 0.15) is 5.56 Å². The Morgan fingerprint density at radius 1 is 1.41 bits per heavy atom. The molecule has 4 heteroatoms. The van der Waals surface area contributed by atoms with Crippen molar-refractivity contribution >= 4 is 10.9 Å². The summed E-state index contributed by atoms with van der Waals surface area (Å²) in [5.41, 5.74) is 0.948. The molecular formula is C13H15FN2O. The third-order valence-corrected chi connectivity index (χ3v) is 2.91. The van der Waals surface area contributed by atoms with Crippen molar-refractivity contribution in [3.05, 3.63) is 46.0 Å². The van der Waals surface area contributed by atoms with E-state index in [9.17, 15) is 9.18 Å². The van der Waals surface area contributed by atoms with Crippen LogP contribution in [0.15, 0.2) is 29.1 Å². The molecule has 0 aliphatic rings. The zero-order valence-electron chi connectivity index (χ0n) is 9.96. The number of aromatic nitrogens is 1. The molecule has 0 bridgehead atoms. The van der Waals surface area contributed by atoms with Crippen LogP contribution in [0.2, 0.25) is 0 Å². The van der Waals surface area contributed by atoms with Crippen molar-refractivity contribution in [1.29, 1.82) is 0 Å². The monoisotopic (exact) mass is 234 g/mol. The molecule has 2 aromatic rings. The van der Waals surface area contributed by atoms with Gasteiger partial charge in [0.25, 0.3) is 5.56 Å². The number of halogens is 1. The minimum atomic E-state index is -0.359. The molecule has 1 heterocycles. The summed E-state index contributed by atoms with van der Waals surface area (Å²) in [6.45, 7) is 0.732. The summed E-state index contributed by atoms with van der Waals surface area (Å²) in [7, 11) is 3.45. The second kappa shape index (κ2) is 4.67. The maximum atomic E-state index is 13.6. The normalized spacial score (nSPS) is 11.0. The number of benzene rings is 1. The van der Waals surface area contributed by atoms with Gasteiger partial charge in [0.1, 0.15) is 5.82 Å². The van der Waals surface area contributed by atoms with Crippen LogP contribution in [-0.4, -0.2) is 18.2 Å². The second-order valence-electron chi connectivity index (χ2n) is 4.06. The molecule has 0 saturated carbocycles. The number of para-hydroxylation sites is 1. The van der Waals surface area contributed by atoms with E-state index in [1.165, 1.54) is 10.6 Å². The lowest BCUT2D eigenvalue weighted by atomic mass is 10.1. The Morgan fingerprint density at radius 3 is 2.88 bits per heavy atom. The summed E-state index contributed by atoms with van der Waals surface area (Å²) < 4.78 is 15.0. The quantitative estimate of drug-likeness (QED) is 0.872. The maximum absolute atomic E-state index is 13.6. The fourth-order valence-electron chi connectivity index (χ4n) is 2.01. The molecule has 0 aliphatic carbocycles. The van der Waals surface area contributed by atoms with Crippen molar-refractivity contribution in [3.63, 3.8) is 0 Å². The van der Waals surface area contributed by atoms with Gasteiger partial charge in [-0.1, -0.05) is 12.1 Å². The molecule has 1 aromatic heterocycles. The van der Waals surface area contributed by atoms with Gasteiger partial charge in [0.2, 0.25) is 0 Å². The summed E-state index contributed by atoms with van der Waals surface area (Å²) in [4.78, 5) is 12.0. The molecule has 90 valence electrons. The lowest BCUT2D eigenvalue weighted by molar-refractivity contribution is 0.628. The third kappa shape index (κ3) is 2.08. The van der Waals surface area contributed by atoms with E-state index in [0.717, 1.165) is 11.9 Å². The largest absolute Gasteiger partial charge is 0.319 e. The highest BCUT2D eigenvalue weighted by Gasteiger charge is 2.09. The third-order valence-electron chi connectivity index (χ3n) is 2.91. The molecule has 3 nitrogen and oxygen atoms in total. The average Bonchev–Trinajstić information content (AvgIpc) is 2.32. The number of fused-ring (bicyclic) bond motifs is 1. The molecule has 1 N–H and O–H groups in total. The van der Waals surface area contributed by atoms with Gasteiger partial charge < -0.3 is 9.88 Å². The highest BCUT2D eigenvalue weighted by molar-refractivity contribution is 5.80. The number of hydrogen-bond donors (Lipinski definition) is 1. The van der Waals surface area contributed by atoms with E-state index in [1.807, 2.05) is 13.1 Å². The summed E-state index contributed by atoms with van der Waals surface area (Å²) in [5.74, 6) is -0.359. The van der Waals surface area contributed by atoms with Crippen LogP contribution in [0.3, 0.4) is 0 Å². The van der Waals surface area contributed by atoms with Crippen LogP contribution >= 0.6 is 0 Å². The average molecular weight is 234 g/mol. The minimum Gasteiger partial charge on any atom is -0.319 e. The van der Waals surface area contributed by atoms with Gasteiger partial charge in [-0.05, 0) is 32.1 Å². The maximum Gasteiger partial charge on any atom is 0.254 e. The highest BCUT2D eigenvalue weighted by atomic mass is 19.1. The Balaban J connectivity index is 2.67. The van der Waals surface area contributed by atoms with E-state index in [2.05, 4.69) is 5.32 Å². The van der Waals surface area contributed by atoms with Gasteiger partial charge in [-0.3, -0.25) is 4.79 Å². The second-order valence-corrected chi connectivity index (χ2v) is 4.06. The van der Waals surface area contributed by atoms with Gasteiger partial charge in [-0.2, -0.15) is 0 Å².